The predicted octanol–water partition coefficient (Wildman–Crippen LogP) is 1.05. The molecule has 164 valence electrons. The summed E-state index contributed by atoms with van der Waals surface area (Å²) in [4.78, 5) is 0. The first-order valence-corrected chi connectivity index (χ1v) is 10.3. The van der Waals surface area contributed by atoms with Crippen LogP contribution in [-0.2, 0) is 37.9 Å². The summed E-state index contributed by atoms with van der Waals surface area (Å²) in [6.07, 6.45) is 1.54. The second kappa shape index (κ2) is 11.2. The molecule has 0 spiro atoms. The Balaban J connectivity index is 0.000000162. The maximum absolute atomic E-state index is 5.56. The van der Waals surface area contributed by atoms with Crippen LogP contribution < -0.4 is 0 Å². The van der Waals surface area contributed by atoms with Crippen LogP contribution in [0.25, 0.3) is 0 Å². The zero-order valence-electron chi connectivity index (χ0n) is 17.4. The predicted molar refractivity (Wildman–Crippen MR) is 101 cm³/mol. The van der Waals surface area contributed by atoms with Crippen molar-refractivity contribution >= 4 is 0 Å². The van der Waals surface area contributed by atoms with E-state index in [0.29, 0.717) is 44.2 Å². The average molecular weight is 405 g/mol. The van der Waals surface area contributed by atoms with Gasteiger partial charge in [-0.2, -0.15) is 0 Å². The van der Waals surface area contributed by atoms with Gasteiger partial charge in [0.15, 0.2) is 0 Å². The lowest BCUT2D eigenvalue weighted by molar-refractivity contribution is -0.0146. The first-order chi connectivity index (χ1) is 13.5. The number of hydrogen-bond acceptors (Lipinski definition) is 8. The van der Waals surface area contributed by atoms with Gasteiger partial charge in [-0.3, -0.25) is 0 Å². The molecule has 0 aromatic heterocycles. The van der Waals surface area contributed by atoms with Crippen molar-refractivity contribution in [2.45, 2.75) is 51.3 Å². The van der Waals surface area contributed by atoms with Crippen molar-refractivity contribution in [2.75, 3.05) is 72.7 Å². The molecule has 0 bridgehead atoms. The summed E-state index contributed by atoms with van der Waals surface area (Å²) in [5.41, 5.74) is 0.0732. The molecule has 0 aromatic rings. The highest BCUT2D eigenvalue weighted by atomic mass is 16.6. The third-order valence-electron chi connectivity index (χ3n) is 4.43. The lowest BCUT2D eigenvalue weighted by atomic mass is 9.96. The molecule has 0 N–H and O–H groups in total. The van der Waals surface area contributed by atoms with Gasteiger partial charge in [-0.1, -0.05) is 13.8 Å². The van der Waals surface area contributed by atoms with Gasteiger partial charge in [0.05, 0.1) is 78.8 Å². The quantitative estimate of drug-likeness (QED) is 0.374. The second-order valence-electron chi connectivity index (χ2n) is 8.70. The highest BCUT2D eigenvalue weighted by Gasteiger charge is 2.27. The fraction of sp³-hybridized carbons (Fsp3) is 1.00. The van der Waals surface area contributed by atoms with Crippen LogP contribution in [-0.4, -0.2) is 103 Å². The minimum absolute atomic E-state index is 0.0732. The van der Waals surface area contributed by atoms with E-state index in [0.717, 1.165) is 52.9 Å². The Morgan fingerprint density at radius 2 is 1.11 bits per heavy atom. The molecule has 4 aliphatic heterocycles. The topological polar surface area (TPSA) is 87.0 Å². The van der Waals surface area contributed by atoms with Crippen molar-refractivity contribution < 1.29 is 37.9 Å². The molecule has 5 atom stereocenters. The van der Waals surface area contributed by atoms with Crippen LogP contribution >= 0.6 is 0 Å². The van der Waals surface area contributed by atoms with Crippen LogP contribution in [0.3, 0.4) is 0 Å². The summed E-state index contributed by atoms with van der Waals surface area (Å²) in [5.74, 6) is 0. The van der Waals surface area contributed by atoms with Crippen molar-refractivity contribution in [3.63, 3.8) is 0 Å². The van der Waals surface area contributed by atoms with E-state index >= 15 is 0 Å². The molecule has 4 fully saturated rings. The van der Waals surface area contributed by atoms with Crippen molar-refractivity contribution in [1.82, 2.24) is 0 Å². The number of ether oxygens (including phenoxy) is 8. The molecule has 0 amide bonds. The fourth-order valence-corrected chi connectivity index (χ4v) is 2.32. The highest BCUT2D eigenvalue weighted by Crippen LogP contribution is 2.19. The Bertz CT molecular complexity index is 410. The van der Waals surface area contributed by atoms with Crippen molar-refractivity contribution in [2.24, 2.45) is 5.41 Å². The summed E-state index contributed by atoms with van der Waals surface area (Å²) in [6, 6.07) is 0. The number of hydrogen-bond donors (Lipinski definition) is 0. The van der Waals surface area contributed by atoms with Gasteiger partial charge in [-0.15, -0.1) is 0 Å². The van der Waals surface area contributed by atoms with E-state index in [1.54, 1.807) is 0 Å². The fourth-order valence-electron chi connectivity index (χ4n) is 2.32. The van der Waals surface area contributed by atoms with Gasteiger partial charge in [-0.25, -0.2) is 0 Å². The van der Waals surface area contributed by atoms with E-state index in [-0.39, 0.29) is 11.5 Å². The molecule has 4 rings (SSSR count). The largest absolute Gasteiger partial charge is 0.378 e. The van der Waals surface area contributed by atoms with Gasteiger partial charge in [0.2, 0.25) is 0 Å². The lowest BCUT2D eigenvalue weighted by Gasteiger charge is -2.23. The number of rotatable bonds is 15. The maximum atomic E-state index is 5.56. The third-order valence-corrected chi connectivity index (χ3v) is 4.43. The first kappa shape index (κ1) is 22.4. The van der Waals surface area contributed by atoms with Gasteiger partial charge < -0.3 is 37.9 Å². The molecule has 8 heteroatoms. The van der Waals surface area contributed by atoms with Gasteiger partial charge in [0.1, 0.15) is 24.4 Å². The second-order valence-corrected chi connectivity index (χ2v) is 8.70. The minimum atomic E-state index is 0.0732. The van der Waals surface area contributed by atoms with Gasteiger partial charge in [-0.05, 0) is 6.92 Å². The van der Waals surface area contributed by atoms with Crippen molar-refractivity contribution in [3.05, 3.63) is 0 Å². The van der Waals surface area contributed by atoms with Crippen LogP contribution in [0.4, 0.5) is 0 Å². The van der Waals surface area contributed by atoms with Gasteiger partial charge in [0.25, 0.3) is 0 Å². The Hall–Kier alpha value is -0.320. The summed E-state index contributed by atoms with van der Waals surface area (Å²) in [5, 5.41) is 0. The van der Waals surface area contributed by atoms with Crippen molar-refractivity contribution in [1.29, 1.82) is 0 Å². The molecule has 4 aliphatic rings. The molecule has 8 nitrogen and oxygen atoms in total. The molecule has 0 saturated carbocycles. The Morgan fingerprint density at radius 3 is 1.54 bits per heavy atom. The highest BCUT2D eigenvalue weighted by molar-refractivity contribution is 4.73. The first-order valence-electron chi connectivity index (χ1n) is 10.3. The molecule has 4 heterocycles. The van der Waals surface area contributed by atoms with E-state index in [1.807, 2.05) is 6.92 Å². The van der Waals surface area contributed by atoms with Crippen LogP contribution in [0.1, 0.15) is 20.8 Å². The SMILES string of the molecule is CC(C)(COCC1CO1)COCC1CO1.CC(COCC1CO1)OCC1CO1. The lowest BCUT2D eigenvalue weighted by Crippen LogP contribution is -2.27. The molecular formula is C20H36O8. The minimum Gasteiger partial charge on any atom is -0.378 e. The average Bonchev–Trinajstić information content (AvgIpc) is 3.45. The van der Waals surface area contributed by atoms with E-state index in [9.17, 15) is 0 Å². The molecule has 4 saturated heterocycles. The summed E-state index contributed by atoms with van der Waals surface area (Å²) in [6.45, 7) is 14.6. The number of epoxide rings is 4. The normalized spacial score (nSPS) is 31.0. The van der Waals surface area contributed by atoms with E-state index in [4.69, 9.17) is 37.9 Å². The molecular weight excluding hydrogens is 368 g/mol. The molecule has 0 aliphatic carbocycles. The van der Waals surface area contributed by atoms with E-state index < -0.39 is 0 Å². The standard InChI is InChI=1S/C11H20O4.C9H16O4/c1-11(2,7-12-3-9-5-14-9)8-13-4-10-6-15-10;1-7(11-4-9-6-13-9)2-10-3-8-5-12-8/h9-10H,3-8H2,1-2H3;7-9H,2-6H2,1H3. The summed E-state index contributed by atoms with van der Waals surface area (Å²) < 4.78 is 42.2. The molecule has 5 unspecified atom stereocenters. The monoisotopic (exact) mass is 404 g/mol. The van der Waals surface area contributed by atoms with Crippen LogP contribution in [0.2, 0.25) is 0 Å². The maximum Gasteiger partial charge on any atom is 0.104 e. The molecule has 0 radical (unpaired) electrons. The zero-order chi connectivity index (χ0) is 19.8. The molecule has 28 heavy (non-hydrogen) atoms. The van der Waals surface area contributed by atoms with Crippen LogP contribution in [0, 0.1) is 5.41 Å². The van der Waals surface area contributed by atoms with E-state index in [1.165, 1.54) is 0 Å². The Labute approximate surface area is 168 Å². The zero-order valence-corrected chi connectivity index (χ0v) is 17.4. The summed E-state index contributed by atoms with van der Waals surface area (Å²) in [7, 11) is 0. The van der Waals surface area contributed by atoms with Gasteiger partial charge in [0, 0.05) is 5.41 Å². The van der Waals surface area contributed by atoms with E-state index in [2.05, 4.69) is 13.8 Å². The van der Waals surface area contributed by atoms with Crippen LogP contribution in [0.15, 0.2) is 0 Å². The van der Waals surface area contributed by atoms with Crippen molar-refractivity contribution in [3.8, 4) is 0 Å². The Kier molecular flexibility index (Phi) is 8.93. The molecule has 0 aromatic carbocycles. The Morgan fingerprint density at radius 1 is 0.714 bits per heavy atom. The third kappa shape index (κ3) is 11.6. The van der Waals surface area contributed by atoms with Gasteiger partial charge >= 0.3 is 0 Å². The van der Waals surface area contributed by atoms with Crippen LogP contribution in [0.5, 0.6) is 0 Å². The summed E-state index contributed by atoms with van der Waals surface area (Å²) >= 11 is 0. The smallest absolute Gasteiger partial charge is 0.104 e.